The van der Waals surface area contributed by atoms with Gasteiger partial charge >= 0.3 is 0 Å². The largest absolute Gasteiger partial charge is 0.490 e. The van der Waals surface area contributed by atoms with Crippen molar-refractivity contribution < 1.29 is 14.3 Å². The van der Waals surface area contributed by atoms with E-state index >= 15 is 0 Å². The molecule has 1 unspecified atom stereocenters. The van der Waals surface area contributed by atoms with Gasteiger partial charge in [-0.25, -0.2) is 4.68 Å². The Morgan fingerprint density at radius 1 is 1.05 bits per heavy atom. The van der Waals surface area contributed by atoms with Crippen LogP contribution in [0.4, 0.5) is 11.6 Å². The van der Waals surface area contributed by atoms with Gasteiger partial charge in [-0.2, -0.15) is 4.98 Å². The zero-order valence-corrected chi connectivity index (χ0v) is 27.2. The number of rotatable bonds is 12. The summed E-state index contributed by atoms with van der Waals surface area (Å²) in [4.78, 5) is 18.7. The van der Waals surface area contributed by atoms with E-state index in [0.717, 1.165) is 45.4 Å². The molecule has 1 atom stereocenters. The van der Waals surface area contributed by atoms with E-state index in [4.69, 9.17) is 19.6 Å². The lowest BCUT2D eigenvalue weighted by atomic mass is 9.94. The molecule has 10 heteroatoms. The van der Waals surface area contributed by atoms with Gasteiger partial charge in [0.25, 0.3) is 5.91 Å². The molecular weight excluding hydrogens is 626 g/mol. The molecule has 2 N–H and O–H groups in total. The number of ether oxygens (including phenoxy) is 2. The predicted octanol–water partition coefficient (Wildman–Crippen LogP) is 8.15. The third-order valence-electron chi connectivity index (χ3n) is 6.95. The lowest BCUT2D eigenvalue weighted by Gasteiger charge is -2.29. The van der Waals surface area contributed by atoms with E-state index in [-0.39, 0.29) is 5.91 Å². The molecule has 2 heterocycles. The minimum Gasteiger partial charge on any atom is -0.490 e. The highest BCUT2D eigenvalue weighted by atomic mass is 79.9. The van der Waals surface area contributed by atoms with Crippen molar-refractivity contribution in [3.8, 4) is 11.5 Å². The molecule has 1 amide bonds. The SMILES string of the molecule is CCCCSc1nc2n(n1)C(c1ccc(OCc3cccc(Br)c3)c(OCC)c1)C(C(=O)Nc1cccc(C)c1)=C(C)N2. The molecule has 3 aromatic carbocycles. The summed E-state index contributed by atoms with van der Waals surface area (Å²) in [6.07, 6.45) is 2.17. The molecule has 224 valence electrons. The first-order valence-electron chi connectivity index (χ1n) is 14.5. The molecular formula is C33H36BrN5O3S. The number of aryl methyl sites for hydroxylation is 1. The van der Waals surface area contributed by atoms with Gasteiger partial charge in [-0.15, -0.1) is 5.10 Å². The van der Waals surface area contributed by atoms with Crippen molar-refractivity contribution >= 4 is 45.2 Å². The van der Waals surface area contributed by atoms with Gasteiger partial charge < -0.3 is 20.1 Å². The van der Waals surface area contributed by atoms with Gasteiger partial charge in [0.15, 0.2) is 11.5 Å². The van der Waals surface area contributed by atoms with Gasteiger partial charge in [0, 0.05) is 21.6 Å². The van der Waals surface area contributed by atoms with Crippen LogP contribution in [0.2, 0.25) is 0 Å². The first kappa shape index (κ1) is 30.7. The van der Waals surface area contributed by atoms with Crippen LogP contribution in [0.15, 0.2) is 87.6 Å². The van der Waals surface area contributed by atoms with Crippen LogP contribution in [0, 0.1) is 6.92 Å². The number of amides is 1. The van der Waals surface area contributed by atoms with E-state index < -0.39 is 6.04 Å². The van der Waals surface area contributed by atoms with E-state index in [9.17, 15) is 4.79 Å². The zero-order valence-electron chi connectivity index (χ0n) is 24.8. The topological polar surface area (TPSA) is 90.3 Å². The number of hydrogen-bond donors (Lipinski definition) is 2. The summed E-state index contributed by atoms with van der Waals surface area (Å²) in [5.41, 5.74) is 4.94. The molecule has 5 rings (SSSR count). The average molecular weight is 663 g/mol. The number of benzene rings is 3. The molecule has 0 spiro atoms. The number of fused-ring (bicyclic) bond motifs is 1. The second-order valence-corrected chi connectivity index (χ2v) is 12.3. The van der Waals surface area contributed by atoms with E-state index in [1.807, 2.05) is 87.5 Å². The van der Waals surface area contributed by atoms with Gasteiger partial charge in [0.1, 0.15) is 12.6 Å². The van der Waals surface area contributed by atoms with Crippen LogP contribution in [0.1, 0.15) is 56.3 Å². The van der Waals surface area contributed by atoms with Crippen LogP contribution in [0.5, 0.6) is 11.5 Å². The monoisotopic (exact) mass is 661 g/mol. The number of hydrogen-bond acceptors (Lipinski definition) is 7. The molecule has 0 fully saturated rings. The first-order valence-corrected chi connectivity index (χ1v) is 16.2. The number of allylic oxidation sites excluding steroid dienone is 1. The van der Waals surface area contributed by atoms with Crippen LogP contribution >= 0.6 is 27.7 Å². The average Bonchev–Trinajstić information content (AvgIpc) is 3.38. The smallest absolute Gasteiger partial charge is 0.255 e. The van der Waals surface area contributed by atoms with Crippen LogP contribution in [0.25, 0.3) is 0 Å². The maximum Gasteiger partial charge on any atom is 0.255 e. The van der Waals surface area contributed by atoms with Crippen LogP contribution in [-0.4, -0.2) is 33.0 Å². The summed E-state index contributed by atoms with van der Waals surface area (Å²) in [7, 11) is 0. The van der Waals surface area contributed by atoms with Crippen molar-refractivity contribution in [1.82, 2.24) is 14.8 Å². The van der Waals surface area contributed by atoms with Gasteiger partial charge in [-0.05, 0) is 80.3 Å². The minimum atomic E-state index is -0.535. The van der Waals surface area contributed by atoms with E-state index in [1.165, 1.54) is 0 Å². The van der Waals surface area contributed by atoms with Crippen molar-refractivity contribution in [2.75, 3.05) is 23.0 Å². The highest BCUT2D eigenvalue weighted by Gasteiger charge is 2.35. The second-order valence-electron chi connectivity index (χ2n) is 10.3. The molecule has 1 aromatic heterocycles. The number of nitrogens with zero attached hydrogens (tertiary/aromatic N) is 3. The molecule has 1 aliphatic rings. The Balaban J connectivity index is 1.52. The number of unbranched alkanes of at least 4 members (excludes halogenated alkanes) is 1. The summed E-state index contributed by atoms with van der Waals surface area (Å²) >= 11 is 5.14. The van der Waals surface area contributed by atoms with E-state index in [0.29, 0.717) is 47.1 Å². The molecule has 4 aromatic rings. The fraction of sp³-hybridized carbons (Fsp3) is 0.303. The highest BCUT2D eigenvalue weighted by Crippen LogP contribution is 2.40. The van der Waals surface area contributed by atoms with Crippen LogP contribution in [-0.2, 0) is 11.4 Å². The van der Waals surface area contributed by atoms with E-state index in [2.05, 4.69) is 33.5 Å². The summed E-state index contributed by atoms with van der Waals surface area (Å²) < 4.78 is 15.1. The normalized spacial score (nSPS) is 14.2. The zero-order chi connectivity index (χ0) is 30.3. The molecule has 0 saturated heterocycles. The van der Waals surface area contributed by atoms with Gasteiger partial charge in [0.2, 0.25) is 11.1 Å². The van der Waals surface area contributed by atoms with E-state index in [1.54, 1.807) is 16.4 Å². The number of carbonyl (C=O) groups is 1. The third-order valence-corrected chi connectivity index (χ3v) is 8.37. The maximum atomic E-state index is 13.9. The van der Waals surface area contributed by atoms with Gasteiger partial charge in [-0.3, -0.25) is 4.79 Å². The van der Waals surface area contributed by atoms with Crippen LogP contribution in [0.3, 0.4) is 0 Å². The number of aromatic nitrogens is 3. The number of anilines is 2. The Kier molecular flexibility index (Phi) is 10.1. The fourth-order valence-electron chi connectivity index (χ4n) is 4.89. The molecule has 0 aliphatic carbocycles. The number of thioether (sulfide) groups is 1. The molecule has 0 bridgehead atoms. The minimum absolute atomic E-state index is 0.213. The maximum absolute atomic E-state index is 13.9. The Bertz CT molecular complexity index is 1640. The molecule has 0 saturated carbocycles. The summed E-state index contributed by atoms with van der Waals surface area (Å²) in [6, 6.07) is 21.1. The second kappa shape index (κ2) is 14.1. The van der Waals surface area contributed by atoms with Crippen molar-refractivity contribution in [2.45, 2.75) is 58.3 Å². The highest BCUT2D eigenvalue weighted by molar-refractivity contribution is 9.10. The Morgan fingerprint density at radius 2 is 1.88 bits per heavy atom. The first-order chi connectivity index (χ1) is 20.9. The number of nitrogens with one attached hydrogen (secondary N) is 2. The van der Waals surface area contributed by atoms with Crippen molar-refractivity contribution in [3.63, 3.8) is 0 Å². The Hall–Kier alpha value is -3.76. The lowest BCUT2D eigenvalue weighted by molar-refractivity contribution is -0.113. The molecule has 0 radical (unpaired) electrons. The molecule has 43 heavy (non-hydrogen) atoms. The lowest BCUT2D eigenvalue weighted by Crippen LogP contribution is -2.31. The molecule has 1 aliphatic heterocycles. The quantitative estimate of drug-likeness (QED) is 0.117. The third kappa shape index (κ3) is 7.43. The van der Waals surface area contributed by atoms with Gasteiger partial charge in [0.05, 0.1) is 12.2 Å². The fourth-order valence-corrected chi connectivity index (χ4v) is 6.25. The van der Waals surface area contributed by atoms with Crippen LogP contribution < -0.4 is 20.1 Å². The molecule has 8 nitrogen and oxygen atoms in total. The number of halogens is 1. The Labute approximate surface area is 265 Å². The van der Waals surface area contributed by atoms with Crippen molar-refractivity contribution in [2.24, 2.45) is 0 Å². The van der Waals surface area contributed by atoms with Crippen molar-refractivity contribution in [3.05, 3.63) is 99.2 Å². The summed E-state index contributed by atoms with van der Waals surface area (Å²) in [5, 5.41) is 12.0. The van der Waals surface area contributed by atoms with Crippen molar-refractivity contribution in [1.29, 1.82) is 0 Å². The Morgan fingerprint density at radius 3 is 2.65 bits per heavy atom. The van der Waals surface area contributed by atoms with Gasteiger partial charge in [-0.1, -0.05) is 71.4 Å². The summed E-state index contributed by atoms with van der Waals surface area (Å²) in [5.74, 6) is 2.54. The number of carbonyl (C=O) groups excluding carboxylic acids is 1. The summed E-state index contributed by atoms with van der Waals surface area (Å²) in [6.45, 7) is 8.86. The predicted molar refractivity (Wildman–Crippen MR) is 176 cm³/mol. The standard InChI is InChI=1S/C33H36BrN5O3S/c1-5-7-16-43-33-37-32-35-22(4)29(31(40)36-26-13-8-10-21(3)17-26)30(39(32)38-33)24-14-15-27(28(19-24)41-6-2)42-20-23-11-9-12-25(34)18-23/h8-15,17-19,30H,5-7,16,20H2,1-4H3,(H,36,40)(H,35,37,38).